The predicted octanol–water partition coefficient (Wildman–Crippen LogP) is 3.79. The van der Waals surface area contributed by atoms with Crippen LogP contribution >= 0.6 is 0 Å². The van der Waals surface area contributed by atoms with Crippen LogP contribution in [0.1, 0.15) is 27.8 Å². The predicted molar refractivity (Wildman–Crippen MR) is 126 cm³/mol. The molecule has 0 amide bonds. The van der Waals surface area contributed by atoms with E-state index in [-0.39, 0.29) is 0 Å². The van der Waals surface area contributed by atoms with Crippen molar-refractivity contribution in [1.82, 2.24) is 9.80 Å². The second-order valence-corrected chi connectivity index (χ2v) is 8.32. The maximum absolute atomic E-state index is 5.94. The number of benzene rings is 2. The number of amidine groups is 1. The van der Waals surface area contributed by atoms with Crippen LogP contribution < -0.4 is 15.2 Å². The van der Waals surface area contributed by atoms with Gasteiger partial charge in [0.15, 0.2) is 11.5 Å². The van der Waals surface area contributed by atoms with Crippen molar-refractivity contribution >= 4 is 17.2 Å². The number of hydrogen-bond acceptors (Lipinski definition) is 5. The molecule has 2 aromatic carbocycles. The molecule has 0 saturated heterocycles. The Hall–Kier alpha value is -2.99. The largest absolute Gasteiger partial charge is 0.493 e. The van der Waals surface area contributed by atoms with Gasteiger partial charge in [-0.15, -0.1) is 0 Å². The number of fused-ring (bicyclic) bond motifs is 3. The highest BCUT2D eigenvalue weighted by Crippen LogP contribution is 2.39. The van der Waals surface area contributed by atoms with E-state index in [9.17, 15) is 0 Å². The van der Waals surface area contributed by atoms with Gasteiger partial charge in [0.05, 0.1) is 26.6 Å². The van der Waals surface area contributed by atoms with E-state index < -0.39 is 0 Å². The molecule has 2 aromatic rings. The first kappa shape index (κ1) is 21.2. The third-order valence-corrected chi connectivity index (χ3v) is 6.07. The summed E-state index contributed by atoms with van der Waals surface area (Å²) in [5.74, 6) is 2.47. The number of ether oxygens (including phenoxy) is 2. The van der Waals surface area contributed by atoms with Crippen molar-refractivity contribution in [3.8, 4) is 11.5 Å². The number of rotatable bonds is 5. The van der Waals surface area contributed by atoms with Gasteiger partial charge < -0.3 is 25.0 Å². The van der Waals surface area contributed by atoms with Gasteiger partial charge >= 0.3 is 0 Å². The molecule has 0 atom stereocenters. The molecule has 0 spiro atoms. The summed E-state index contributed by atoms with van der Waals surface area (Å²) in [6.07, 6.45) is 3.16. The zero-order valence-corrected chi connectivity index (χ0v) is 19.2. The summed E-state index contributed by atoms with van der Waals surface area (Å²) in [6.45, 7) is 9.46. The van der Waals surface area contributed by atoms with Gasteiger partial charge in [0.25, 0.3) is 0 Å². The van der Waals surface area contributed by atoms with Crippen molar-refractivity contribution in [2.45, 2.75) is 27.2 Å². The summed E-state index contributed by atoms with van der Waals surface area (Å²) in [7, 11) is 3.36. The van der Waals surface area contributed by atoms with Crippen LogP contribution in [0.2, 0.25) is 0 Å². The Morgan fingerprint density at radius 1 is 1.00 bits per heavy atom. The van der Waals surface area contributed by atoms with Gasteiger partial charge in [0.2, 0.25) is 0 Å². The maximum Gasteiger partial charge on any atom is 0.161 e. The van der Waals surface area contributed by atoms with E-state index in [0.29, 0.717) is 6.54 Å². The van der Waals surface area contributed by atoms with Gasteiger partial charge in [-0.2, -0.15) is 0 Å². The van der Waals surface area contributed by atoms with Crippen molar-refractivity contribution in [1.29, 1.82) is 0 Å². The van der Waals surface area contributed by atoms with Crippen LogP contribution in [0.4, 0.5) is 5.69 Å². The Bertz CT molecular complexity index is 1030. The van der Waals surface area contributed by atoms with Crippen LogP contribution in [0, 0.1) is 20.8 Å². The summed E-state index contributed by atoms with van der Waals surface area (Å²) < 4.78 is 11.1. The van der Waals surface area contributed by atoms with E-state index in [1.165, 1.54) is 33.5 Å². The highest BCUT2D eigenvalue weighted by Gasteiger charge is 2.29. The molecule has 31 heavy (non-hydrogen) atoms. The summed E-state index contributed by atoms with van der Waals surface area (Å²) in [6, 6.07) is 8.57. The van der Waals surface area contributed by atoms with Crippen LogP contribution in [-0.2, 0) is 6.42 Å². The molecule has 164 valence electrons. The topological polar surface area (TPSA) is 63.3 Å². The third kappa shape index (κ3) is 4.00. The molecule has 0 aromatic heterocycles. The van der Waals surface area contributed by atoms with Crippen LogP contribution in [0.25, 0.3) is 5.70 Å². The number of aryl methyl sites for hydroxylation is 3. The molecule has 6 heteroatoms. The molecule has 4 rings (SSSR count). The standard InChI is InChI=1S/C25H32N4O2/c1-16-10-17(2)25(18(3)11-16)27-24-14-21-20-13-23(31-5)22(30-4)12-19(20)6-8-28(21)15-29(24)9-7-26/h10-14H,6-9,15,26H2,1-5H3. The zero-order chi connectivity index (χ0) is 22.1. The monoisotopic (exact) mass is 420 g/mol. The van der Waals surface area contributed by atoms with Gasteiger partial charge in [-0.1, -0.05) is 17.7 Å². The molecule has 2 N–H and O–H groups in total. The second-order valence-electron chi connectivity index (χ2n) is 8.32. The van der Waals surface area contributed by atoms with E-state index in [2.05, 4.69) is 60.9 Å². The lowest BCUT2D eigenvalue weighted by molar-refractivity contribution is 0.251. The van der Waals surface area contributed by atoms with Crippen molar-refractivity contribution < 1.29 is 9.47 Å². The minimum absolute atomic E-state index is 0.587. The van der Waals surface area contributed by atoms with Gasteiger partial charge in [-0.05, 0) is 56.0 Å². The Morgan fingerprint density at radius 3 is 2.32 bits per heavy atom. The van der Waals surface area contributed by atoms with E-state index >= 15 is 0 Å². The first-order valence-electron chi connectivity index (χ1n) is 10.8. The quantitative estimate of drug-likeness (QED) is 0.797. The van der Waals surface area contributed by atoms with E-state index in [1.54, 1.807) is 14.2 Å². The Labute approximate surface area is 185 Å². The first-order valence-corrected chi connectivity index (χ1v) is 10.8. The first-order chi connectivity index (χ1) is 14.9. The SMILES string of the molecule is COc1cc2c(cc1OC)C1=CC(=Nc3c(C)cc(C)cc3C)N(CCN)CN1CC2. The maximum atomic E-state index is 5.94. The van der Waals surface area contributed by atoms with Crippen molar-refractivity contribution in [3.05, 3.63) is 58.2 Å². The summed E-state index contributed by atoms with van der Waals surface area (Å²) in [5, 5.41) is 0. The normalized spacial score (nSPS) is 16.7. The molecule has 0 aliphatic carbocycles. The van der Waals surface area contributed by atoms with Crippen molar-refractivity contribution in [2.24, 2.45) is 10.7 Å². The molecule has 0 saturated carbocycles. The summed E-state index contributed by atoms with van der Waals surface area (Å²) >= 11 is 0. The molecule has 2 aliphatic rings. The van der Waals surface area contributed by atoms with Gasteiger partial charge in [0, 0.05) is 37.0 Å². The van der Waals surface area contributed by atoms with E-state index in [0.717, 1.165) is 49.2 Å². The molecule has 2 aliphatic heterocycles. The van der Waals surface area contributed by atoms with Crippen molar-refractivity contribution in [2.75, 3.05) is 40.5 Å². The number of hydrogen-bond donors (Lipinski definition) is 1. The van der Waals surface area contributed by atoms with Crippen LogP contribution in [0.3, 0.4) is 0 Å². The average Bonchev–Trinajstić information content (AvgIpc) is 2.75. The minimum Gasteiger partial charge on any atom is -0.493 e. The molecule has 0 fully saturated rings. The van der Waals surface area contributed by atoms with E-state index in [1.807, 2.05) is 0 Å². The summed E-state index contributed by atoms with van der Waals surface area (Å²) in [5.41, 5.74) is 14.2. The fraction of sp³-hybridized carbons (Fsp3) is 0.400. The fourth-order valence-electron chi connectivity index (χ4n) is 4.63. The molecular weight excluding hydrogens is 388 g/mol. The van der Waals surface area contributed by atoms with Crippen molar-refractivity contribution in [3.63, 3.8) is 0 Å². The molecule has 6 nitrogen and oxygen atoms in total. The lowest BCUT2D eigenvalue weighted by atomic mass is 9.94. The number of nitrogens with zero attached hydrogens (tertiary/aromatic N) is 3. The number of aliphatic imine (C=N–C) groups is 1. The molecule has 0 bridgehead atoms. The average molecular weight is 421 g/mol. The molecular formula is C25H32N4O2. The Kier molecular flexibility index (Phi) is 5.92. The minimum atomic E-state index is 0.587. The highest BCUT2D eigenvalue weighted by atomic mass is 16.5. The fourth-order valence-corrected chi connectivity index (χ4v) is 4.63. The van der Waals surface area contributed by atoms with Gasteiger partial charge in [-0.25, -0.2) is 4.99 Å². The Morgan fingerprint density at radius 2 is 1.68 bits per heavy atom. The lowest BCUT2D eigenvalue weighted by Crippen LogP contribution is -2.48. The second kappa shape index (κ2) is 8.63. The number of methoxy groups -OCH3 is 2. The zero-order valence-electron chi connectivity index (χ0n) is 19.2. The smallest absolute Gasteiger partial charge is 0.161 e. The molecule has 2 heterocycles. The lowest BCUT2D eigenvalue weighted by Gasteiger charge is -2.42. The van der Waals surface area contributed by atoms with Gasteiger partial charge in [-0.3, -0.25) is 0 Å². The van der Waals surface area contributed by atoms with E-state index in [4.69, 9.17) is 20.2 Å². The van der Waals surface area contributed by atoms with Gasteiger partial charge in [0.1, 0.15) is 5.84 Å². The Balaban J connectivity index is 1.85. The molecule has 0 radical (unpaired) electrons. The summed E-state index contributed by atoms with van der Waals surface area (Å²) in [4.78, 5) is 9.80. The molecule has 0 unspecified atom stereocenters. The number of nitrogens with two attached hydrogens (primary N) is 1. The van der Waals surface area contributed by atoms with Crippen LogP contribution in [0.5, 0.6) is 11.5 Å². The third-order valence-electron chi connectivity index (χ3n) is 6.07. The van der Waals surface area contributed by atoms with Crippen LogP contribution in [0.15, 0.2) is 35.3 Å². The van der Waals surface area contributed by atoms with Crippen LogP contribution in [-0.4, -0.2) is 56.2 Å². The highest BCUT2D eigenvalue weighted by molar-refractivity contribution is 6.02.